The Morgan fingerprint density at radius 1 is 1.10 bits per heavy atom. The van der Waals surface area contributed by atoms with Crippen molar-refractivity contribution in [1.82, 2.24) is 9.62 Å². The van der Waals surface area contributed by atoms with Crippen LogP contribution in [0.2, 0.25) is 0 Å². The second-order valence-electron chi connectivity index (χ2n) is 8.44. The zero-order valence-corrected chi connectivity index (χ0v) is 19.0. The van der Waals surface area contributed by atoms with Crippen molar-refractivity contribution in [3.05, 3.63) is 59.2 Å². The largest absolute Gasteiger partial charge is 0.495 e. The Kier molecular flexibility index (Phi) is 6.34. The summed E-state index contributed by atoms with van der Waals surface area (Å²) >= 11 is 0. The van der Waals surface area contributed by atoms with E-state index in [4.69, 9.17) is 4.74 Å². The van der Waals surface area contributed by atoms with Gasteiger partial charge in [0.2, 0.25) is 10.0 Å². The number of carbonyl (C=O) groups excluding carboxylic acids is 1. The second-order valence-corrected chi connectivity index (χ2v) is 10.3. The summed E-state index contributed by atoms with van der Waals surface area (Å²) in [6.07, 6.45) is 5.60. The molecule has 0 aromatic heterocycles. The summed E-state index contributed by atoms with van der Waals surface area (Å²) in [6, 6.07) is 12.7. The van der Waals surface area contributed by atoms with Gasteiger partial charge in [-0.05, 0) is 68.4 Å². The molecule has 0 radical (unpaired) electrons. The maximum atomic E-state index is 13.4. The van der Waals surface area contributed by atoms with E-state index in [0.29, 0.717) is 12.1 Å². The van der Waals surface area contributed by atoms with Crippen LogP contribution in [0.15, 0.2) is 47.4 Å². The molecule has 1 amide bonds. The molecule has 2 atom stereocenters. The number of nitrogens with zero attached hydrogens (tertiary/aromatic N) is 1. The lowest BCUT2D eigenvalue weighted by molar-refractivity contribution is 0.0932. The molecule has 0 bridgehead atoms. The van der Waals surface area contributed by atoms with Crippen LogP contribution in [0, 0.1) is 0 Å². The molecule has 1 fully saturated rings. The summed E-state index contributed by atoms with van der Waals surface area (Å²) in [6.45, 7) is 2.42. The maximum Gasteiger partial charge on any atom is 0.251 e. The summed E-state index contributed by atoms with van der Waals surface area (Å²) in [5, 5.41) is 3.11. The first-order valence-electron chi connectivity index (χ1n) is 11.0. The first kappa shape index (κ1) is 21.8. The summed E-state index contributed by atoms with van der Waals surface area (Å²) in [5.74, 6) is -0.00941. The lowest BCUT2D eigenvalue weighted by Crippen LogP contribution is -2.42. The predicted octanol–water partition coefficient (Wildman–Crippen LogP) is 4.07. The highest BCUT2D eigenvalue weighted by Crippen LogP contribution is 2.33. The lowest BCUT2D eigenvalue weighted by atomic mass is 9.87. The van der Waals surface area contributed by atoms with Gasteiger partial charge < -0.3 is 10.1 Å². The van der Waals surface area contributed by atoms with E-state index >= 15 is 0 Å². The van der Waals surface area contributed by atoms with Crippen LogP contribution in [0.5, 0.6) is 5.75 Å². The monoisotopic (exact) mass is 442 g/mol. The number of aryl methyl sites for hydroxylation is 1. The van der Waals surface area contributed by atoms with Gasteiger partial charge >= 0.3 is 0 Å². The van der Waals surface area contributed by atoms with Crippen LogP contribution >= 0.6 is 0 Å². The highest BCUT2D eigenvalue weighted by molar-refractivity contribution is 7.89. The van der Waals surface area contributed by atoms with E-state index in [-0.39, 0.29) is 28.6 Å². The van der Waals surface area contributed by atoms with Gasteiger partial charge in [-0.25, -0.2) is 8.42 Å². The number of rotatable bonds is 5. The Morgan fingerprint density at radius 3 is 2.68 bits per heavy atom. The van der Waals surface area contributed by atoms with Gasteiger partial charge in [0.05, 0.1) is 13.2 Å². The zero-order valence-electron chi connectivity index (χ0n) is 18.1. The molecule has 0 spiro atoms. The zero-order chi connectivity index (χ0) is 22.0. The van der Waals surface area contributed by atoms with E-state index < -0.39 is 10.0 Å². The fraction of sp³-hybridized carbons (Fsp3) is 0.458. The lowest BCUT2D eigenvalue weighted by Gasteiger charge is -2.32. The number of hydrogen-bond donors (Lipinski definition) is 1. The molecule has 31 heavy (non-hydrogen) atoms. The molecule has 0 saturated carbocycles. The Morgan fingerprint density at radius 2 is 1.90 bits per heavy atom. The molecule has 6 nitrogen and oxygen atoms in total. The standard InChI is InChI=1S/C24H30N2O4S/c1-17-8-5-6-15-26(17)31(28,29)23-16-19(13-14-22(23)30-2)24(27)25-21-12-7-10-18-9-3-4-11-20(18)21/h3-4,9,11,13-14,16-17,21H,5-8,10,12,15H2,1-2H3,(H,25,27)/t17-,21-/m0/s1. The molecule has 0 unspecified atom stereocenters. The van der Waals surface area contributed by atoms with E-state index in [9.17, 15) is 13.2 Å². The number of sulfonamides is 1. The molecule has 4 rings (SSSR count). The molecule has 7 heteroatoms. The third-order valence-electron chi connectivity index (χ3n) is 6.43. The molecule has 2 aromatic carbocycles. The van der Waals surface area contributed by atoms with Gasteiger partial charge in [-0.2, -0.15) is 4.31 Å². The number of piperidine rings is 1. The number of fused-ring (bicyclic) bond motifs is 1. The van der Waals surface area contributed by atoms with Crippen molar-refractivity contribution in [3.63, 3.8) is 0 Å². The second kappa shape index (κ2) is 9.01. The molecular formula is C24H30N2O4S. The van der Waals surface area contributed by atoms with Crippen molar-refractivity contribution in [3.8, 4) is 5.75 Å². The molecule has 1 aliphatic carbocycles. The fourth-order valence-corrected chi connectivity index (χ4v) is 6.60. The van der Waals surface area contributed by atoms with Gasteiger partial charge in [0.1, 0.15) is 10.6 Å². The summed E-state index contributed by atoms with van der Waals surface area (Å²) in [4.78, 5) is 13.1. The highest BCUT2D eigenvalue weighted by Gasteiger charge is 2.34. The van der Waals surface area contributed by atoms with E-state index in [1.165, 1.54) is 23.0 Å². The van der Waals surface area contributed by atoms with Gasteiger partial charge in [0.25, 0.3) is 5.91 Å². The van der Waals surface area contributed by atoms with Crippen molar-refractivity contribution in [2.45, 2.75) is 62.4 Å². The smallest absolute Gasteiger partial charge is 0.251 e. The van der Waals surface area contributed by atoms with Crippen LogP contribution in [0.25, 0.3) is 0 Å². The van der Waals surface area contributed by atoms with Gasteiger partial charge in [-0.3, -0.25) is 4.79 Å². The van der Waals surface area contributed by atoms with Gasteiger partial charge in [-0.1, -0.05) is 30.7 Å². The minimum absolute atomic E-state index is 0.0560. The quantitative estimate of drug-likeness (QED) is 0.758. The highest BCUT2D eigenvalue weighted by atomic mass is 32.2. The number of amides is 1. The van der Waals surface area contributed by atoms with Crippen LogP contribution in [-0.4, -0.2) is 38.3 Å². The first-order valence-corrected chi connectivity index (χ1v) is 12.4. The van der Waals surface area contributed by atoms with Crippen LogP contribution in [0.1, 0.15) is 66.6 Å². The number of nitrogens with one attached hydrogen (secondary N) is 1. The van der Waals surface area contributed by atoms with E-state index in [1.807, 2.05) is 19.1 Å². The van der Waals surface area contributed by atoms with E-state index in [0.717, 1.165) is 44.1 Å². The van der Waals surface area contributed by atoms with Gasteiger partial charge in [0, 0.05) is 18.2 Å². The minimum Gasteiger partial charge on any atom is -0.495 e. The van der Waals surface area contributed by atoms with Crippen molar-refractivity contribution >= 4 is 15.9 Å². The molecule has 2 aliphatic rings. The van der Waals surface area contributed by atoms with Crippen LogP contribution in [0.3, 0.4) is 0 Å². The third-order valence-corrected chi connectivity index (χ3v) is 8.46. The SMILES string of the molecule is COc1ccc(C(=O)N[C@H]2CCCc3ccccc32)cc1S(=O)(=O)N1CCCC[C@@H]1C. The summed E-state index contributed by atoms with van der Waals surface area (Å²) < 4.78 is 33.7. The maximum absolute atomic E-state index is 13.4. The Balaban J connectivity index is 1.63. The average molecular weight is 443 g/mol. The molecule has 2 aromatic rings. The van der Waals surface area contributed by atoms with Crippen molar-refractivity contribution in [2.24, 2.45) is 0 Å². The molecule has 1 heterocycles. The van der Waals surface area contributed by atoms with E-state index in [2.05, 4.69) is 17.4 Å². The van der Waals surface area contributed by atoms with E-state index in [1.54, 1.807) is 12.1 Å². The van der Waals surface area contributed by atoms with Crippen LogP contribution in [-0.2, 0) is 16.4 Å². The average Bonchev–Trinajstić information content (AvgIpc) is 2.79. The van der Waals surface area contributed by atoms with Crippen molar-refractivity contribution in [1.29, 1.82) is 0 Å². The molecule has 1 saturated heterocycles. The molecule has 1 N–H and O–H groups in total. The third kappa shape index (κ3) is 4.34. The van der Waals surface area contributed by atoms with Crippen molar-refractivity contribution < 1.29 is 17.9 Å². The fourth-order valence-electron chi connectivity index (χ4n) is 4.72. The summed E-state index contributed by atoms with van der Waals surface area (Å²) in [5.41, 5.74) is 2.73. The summed E-state index contributed by atoms with van der Waals surface area (Å²) in [7, 11) is -2.31. The number of methoxy groups -OCH3 is 1. The molecule has 166 valence electrons. The first-order chi connectivity index (χ1) is 14.9. The van der Waals surface area contributed by atoms with Gasteiger partial charge in [0.15, 0.2) is 0 Å². The van der Waals surface area contributed by atoms with Gasteiger partial charge in [-0.15, -0.1) is 0 Å². The molecule has 1 aliphatic heterocycles. The Bertz CT molecular complexity index is 1070. The normalized spacial score (nSPS) is 21.9. The minimum atomic E-state index is -3.76. The number of benzene rings is 2. The number of ether oxygens (including phenoxy) is 1. The predicted molar refractivity (Wildman–Crippen MR) is 120 cm³/mol. The Labute approximate surface area is 184 Å². The number of carbonyl (C=O) groups is 1. The number of hydrogen-bond acceptors (Lipinski definition) is 4. The van der Waals surface area contributed by atoms with Crippen molar-refractivity contribution in [2.75, 3.05) is 13.7 Å². The topological polar surface area (TPSA) is 75.7 Å². The Hall–Kier alpha value is -2.38. The molecular weight excluding hydrogens is 412 g/mol. The van der Waals surface area contributed by atoms with Crippen LogP contribution < -0.4 is 10.1 Å². The van der Waals surface area contributed by atoms with Crippen LogP contribution in [0.4, 0.5) is 0 Å².